The molecular weight excluding hydrogens is 293 g/mol. The molecule has 0 unspecified atom stereocenters. The van der Waals surface area contributed by atoms with Crippen LogP contribution in [-0.2, 0) is 6.42 Å². The Morgan fingerprint density at radius 3 is 2.81 bits per heavy atom. The number of hydrogen-bond acceptors (Lipinski definition) is 3. The highest BCUT2D eigenvalue weighted by Crippen LogP contribution is 2.23. The molecule has 2 heterocycles. The highest BCUT2D eigenvalue weighted by molar-refractivity contribution is 9.10. The van der Waals surface area contributed by atoms with Crippen molar-refractivity contribution in [2.45, 2.75) is 6.42 Å². The Kier molecular flexibility index (Phi) is 3.46. The average molecular weight is 300 g/mol. The van der Waals surface area contributed by atoms with Crippen molar-refractivity contribution < 1.29 is 9.18 Å². The van der Waals surface area contributed by atoms with Crippen LogP contribution in [0.4, 0.5) is 4.39 Å². The second kappa shape index (κ2) is 4.84. The minimum atomic E-state index is -0.436. The SMILES string of the molecule is O=C(Cc1sccc1Br)c1ccc(F)cn1. The van der Waals surface area contributed by atoms with E-state index in [1.165, 1.54) is 23.5 Å². The van der Waals surface area contributed by atoms with Gasteiger partial charge < -0.3 is 0 Å². The lowest BCUT2D eigenvalue weighted by atomic mass is 10.2. The molecule has 0 radical (unpaired) electrons. The fourth-order valence-corrected chi connectivity index (χ4v) is 2.72. The summed E-state index contributed by atoms with van der Waals surface area (Å²) >= 11 is 4.86. The Morgan fingerprint density at radius 2 is 2.25 bits per heavy atom. The van der Waals surface area contributed by atoms with Gasteiger partial charge in [-0.25, -0.2) is 4.39 Å². The Hall–Kier alpha value is -1.07. The number of hydrogen-bond donors (Lipinski definition) is 0. The topological polar surface area (TPSA) is 30.0 Å². The van der Waals surface area contributed by atoms with Crippen LogP contribution < -0.4 is 0 Å². The zero-order valence-electron chi connectivity index (χ0n) is 8.11. The van der Waals surface area contributed by atoms with E-state index >= 15 is 0 Å². The van der Waals surface area contributed by atoms with Crippen LogP contribution in [0.3, 0.4) is 0 Å². The second-order valence-electron chi connectivity index (χ2n) is 3.15. The van der Waals surface area contributed by atoms with Crippen LogP contribution in [0.5, 0.6) is 0 Å². The summed E-state index contributed by atoms with van der Waals surface area (Å²) in [6.07, 6.45) is 1.34. The van der Waals surface area contributed by atoms with E-state index in [-0.39, 0.29) is 12.2 Å². The van der Waals surface area contributed by atoms with Crippen LogP contribution in [0.2, 0.25) is 0 Å². The first-order valence-corrected chi connectivity index (χ1v) is 6.20. The predicted octanol–water partition coefficient (Wildman–Crippen LogP) is 3.47. The van der Waals surface area contributed by atoms with Crippen molar-refractivity contribution in [3.05, 3.63) is 50.6 Å². The zero-order chi connectivity index (χ0) is 11.5. The Balaban J connectivity index is 2.15. The van der Waals surface area contributed by atoms with Crippen LogP contribution >= 0.6 is 27.3 Å². The first kappa shape index (κ1) is 11.4. The van der Waals surface area contributed by atoms with Gasteiger partial charge in [0.1, 0.15) is 11.5 Å². The first-order valence-electron chi connectivity index (χ1n) is 4.53. The van der Waals surface area contributed by atoms with Crippen molar-refractivity contribution in [3.63, 3.8) is 0 Å². The maximum Gasteiger partial charge on any atom is 0.186 e. The minimum Gasteiger partial charge on any atom is -0.292 e. The maximum atomic E-state index is 12.6. The predicted molar refractivity (Wildman–Crippen MR) is 64.2 cm³/mol. The lowest BCUT2D eigenvalue weighted by Gasteiger charge is -1.99. The van der Waals surface area contributed by atoms with Crippen molar-refractivity contribution in [3.8, 4) is 0 Å². The van der Waals surface area contributed by atoms with Crippen LogP contribution in [0, 0.1) is 5.82 Å². The van der Waals surface area contributed by atoms with Gasteiger partial charge in [-0.2, -0.15) is 0 Å². The molecule has 0 bridgehead atoms. The summed E-state index contributed by atoms with van der Waals surface area (Å²) in [6, 6.07) is 4.54. The number of carbonyl (C=O) groups is 1. The molecule has 2 rings (SSSR count). The average Bonchev–Trinajstić information content (AvgIpc) is 2.65. The lowest BCUT2D eigenvalue weighted by Crippen LogP contribution is -2.05. The third-order valence-electron chi connectivity index (χ3n) is 2.03. The zero-order valence-corrected chi connectivity index (χ0v) is 10.5. The van der Waals surface area contributed by atoms with Gasteiger partial charge in [-0.3, -0.25) is 9.78 Å². The van der Waals surface area contributed by atoms with Gasteiger partial charge in [0.25, 0.3) is 0 Å². The molecule has 2 aromatic rings. The molecular formula is C11H7BrFNOS. The Morgan fingerprint density at radius 1 is 1.44 bits per heavy atom. The second-order valence-corrected chi connectivity index (χ2v) is 5.01. The highest BCUT2D eigenvalue weighted by Gasteiger charge is 2.11. The molecule has 5 heteroatoms. The number of thiophene rings is 1. The molecule has 0 saturated heterocycles. The molecule has 0 spiro atoms. The van der Waals surface area contributed by atoms with E-state index in [0.29, 0.717) is 5.69 Å². The highest BCUT2D eigenvalue weighted by atomic mass is 79.9. The van der Waals surface area contributed by atoms with E-state index in [4.69, 9.17) is 0 Å². The number of nitrogens with zero attached hydrogens (tertiary/aromatic N) is 1. The van der Waals surface area contributed by atoms with Crippen LogP contribution in [0.25, 0.3) is 0 Å². The molecule has 0 saturated carbocycles. The van der Waals surface area contributed by atoms with Crippen LogP contribution in [-0.4, -0.2) is 10.8 Å². The molecule has 0 aliphatic carbocycles. The number of halogens is 2. The normalized spacial score (nSPS) is 10.4. The number of rotatable bonds is 3. The third-order valence-corrected chi connectivity index (χ3v) is 3.95. The number of pyridine rings is 1. The summed E-state index contributed by atoms with van der Waals surface area (Å²) in [5.74, 6) is -0.544. The summed E-state index contributed by atoms with van der Waals surface area (Å²) in [6.45, 7) is 0. The third kappa shape index (κ3) is 2.54. The lowest BCUT2D eigenvalue weighted by molar-refractivity contribution is 0.0989. The number of ketones is 1. The van der Waals surface area contributed by atoms with E-state index in [2.05, 4.69) is 20.9 Å². The summed E-state index contributed by atoms with van der Waals surface area (Å²) in [7, 11) is 0. The van der Waals surface area contributed by atoms with Crippen molar-refractivity contribution in [2.24, 2.45) is 0 Å². The van der Waals surface area contributed by atoms with Gasteiger partial charge in [0.15, 0.2) is 5.78 Å². The molecule has 0 aliphatic rings. The first-order chi connectivity index (χ1) is 7.66. The van der Waals surface area contributed by atoms with Gasteiger partial charge >= 0.3 is 0 Å². The van der Waals surface area contributed by atoms with Crippen LogP contribution in [0.1, 0.15) is 15.4 Å². The van der Waals surface area contributed by atoms with Gasteiger partial charge in [-0.15, -0.1) is 11.3 Å². The van der Waals surface area contributed by atoms with Gasteiger partial charge in [-0.05, 0) is 39.5 Å². The Labute approximate surface area is 104 Å². The van der Waals surface area contributed by atoms with Gasteiger partial charge in [-0.1, -0.05) is 0 Å². The fourth-order valence-electron chi connectivity index (χ4n) is 1.23. The molecule has 0 N–H and O–H groups in total. The largest absolute Gasteiger partial charge is 0.292 e. The van der Waals surface area contributed by atoms with Gasteiger partial charge in [0, 0.05) is 15.8 Å². The Bertz CT molecular complexity index is 509. The number of carbonyl (C=O) groups excluding carboxylic acids is 1. The molecule has 16 heavy (non-hydrogen) atoms. The maximum absolute atomic E-state index is 12.6. The standard InChI is InChI=1S/C11H7BrFNOS/c12-8-3-4-16-11(8)5-10(15)9-2-1-7(13)6-14-9/h1-4,6H,5H2. The molecule has 0 aliphatic heterocycles. The summed E-state index contributed by atoms with van der Waals surface area (Å²) in [5, 5.41) is 1.91. The quantitative estimate of drug-likeness (QED) is 0.812. The molecule has 0 atom stereocenters. The molecule has 0 fully saturated rings. The summed E-state index contributed by atoms with van der Waals surface area (Å²) < 4.78 is 13.5. The number of aromatic nitrogens is 1. The van der Waals surface area contributed by atoms with Gasteiger partial charge in [0.2, 0.25) is 0 Å². The van der Waals surface area contributed by atoms with E-state index in [1.54, 1.807) is 0 Å². The number of Topliss-reactive ketones (excluding diaryl/α,β-unsaturated/α-hetero) is 1. The monoisotopic (exact) mass is 299 g/mol. The molecule has 2 aromatic heterocycles. The summed E-state index contributed by atoms with van der Waals surface area (Å²) in [5.41, 5.74) is 0.293. The fraction of sp³-hybridized carbons (Fsp3) is 0.0909. The van der Waals surface area contributed by atoms with Crippen molar-refractivity contribution >= 4 is 33.0 Å². The van der Waals surface area contributed by atoms with E-state index in [9.17, 15) is 9.18 Å². The minimum absolute atomic E-state index is 0.108. The smallest absolute Gasteiger partial charge is 0.186 e. The molecule has 2 nitrogen and oxygen atoms in total. The van der Waals surface area contributed by atoms with Crippen LogP contribution in [0.15, 0.2) is 34.2 Å². The van der Waals surface area contributed by atoms with E-state index in [1.807, 2.05) is 11.4 Å². The van der Waals surface area contributed by atoms with E-state index in [0.717, 1.165) is 15.5 Å². The van der Waals surface area contributed by atoms with Crippen molar-refractivity contribution in [2.75, 3.05) is 0 Å². The molecule has 0 aromatic carbocycles. The molecule has 0 amide bonds. The van der Waals surface area contributed by atoms with Gasteiger partial charge in [0.05, 0.1) is 6.20 Å². The molecule has 82 valence electrons. The summed E-state index contributed by atoms with van der Waals surface area (Å²) in [4.78, 5) is 16.5. The van der Waals surface area contributed by atoms with Crippen molar-refractivity contribution in [1.29, 1.82) is 0 Å². The van der Waals surface area contributed by atoms with E-state index < -0.39 is 5.82 Å². The van der Waals surface area contributed by atoms with Crippen molar-refractivity contribution in [1.82, 2.24) is 4.98 Å².